The predicted molar refractivity (Wildman–Crippen MR) is 93.9 cm³/mol. The van der Waals surface area contributed by atoms with Gasteiger partial charge in [-0.25, -0.2) is 13.2 Å². The lowest BCUT2D eigenvalue weighted by atomic mass is 10.2. The molecule has 2 aromatic carbocycles. The van der Waals surface area contributed by atoms with Gasteiger partial charge in [-0.2, -0.15) is 0 Å². The number of sulfonamides is 1. The lowest BCUT2D eigenvalue weighted by molar-refractivity contribution is 0.0697. The Hall–Kier alpha value is -2.74. The van der Waals surface area contributed by atoms with E-state index in [1.165, 1.54) is 12.1 Å². The summed E-state index contributed by atoms with van der Waals surface area (Å²) in [4.78, 5) is 10.8. The molecule has 0 saturated carbocycles. The summed E-state index contributed by atoms with van der Waals surface area (Å²) in [5.74, 6) is -0.101. The molecule has 0 unspecified atom stereocenters. The average molecular weight is 365 g/mol. The maximum absolute atomic E-state index is 11.7. The molecule has 0 heterocycles. The van der Waals surface area contributed by atoms with Gasteiger partial charge in [0, 0.05) is 0 Å². The predicted octanol–water partition coefficient (Wildman–Crippen LogP) is 2.60. The third kappa shape index (κ3) is 5.68. The number of benzene rings is 2. The van der Waals surface area contributed by atoms with Crippen molar-refractivity contribution in [2.24, 2.45) is 0 Å². The van der Waals surface area contributed by atoms with Crippen LogP contribution in [0.3, 0.4) is 0 Å². The molecule has 0 aliphatic carbocycles. The van der Waals surface area contributed by atoms with E-state index in [0.29, 0.717) is 17.2 Å². The zero-order valence-electron chi connectivity index (χ0n) is 13.6. The van der Waals surface area contributed by atoms with E-state index in [1.54, 1.807) is 43.3 Å². The van der Waals surface area contributed by atoms with E-state index in [-0.39, 0.29) is 24.5 Å². The van der Waals surface area contributed by atoms with Crippen molar-refractivity contribution < 1.29 is 27.8 Å². The number of anilines is 1. The smallest absolute Gasteiger partial charge is 0.335 e. The molecule has 2 N–H and O–H groups in total. The minimum atomic E-state index is -3.39. The monoisotopic (exact) mass is 365 g/mol. The average Bonchev–Trinajstić information content (AvgIpc) is 2.60. The minimum absolute atomic E-state index is 0.0310. The molecule has 2 aromatic rings. The molecule has 2 rings (SSSR count). The fourth-order valence-corrected chi connectivity index (χ4v) is 2.57. The van der Waals surface area contributed by atoms with Gasteiger partial charge in [-0.3, -0.25) is 4.72 Å². The van der Waals surface area contributed by atoms with Crippen molar-refractivity contribution >= 4 is 21.7 Å². The van der Waals surface area contributed by atoms with Crippen molar-refractivity contribution in [3.05, 3.63) is 54.1 Å². The van der Waals surface area contributed by atoms with Crippen molar-refractivity contribution in [1.29, 1.82) is 0 Å². The fraction of sp³-hybridized carbons (Fsp3) is 0.235. The van der Waals surface area contributed by atoms with Crippen LogP contribution in [0.1, 0.15) is 17.3 Å². The highest BCUT2D eigenvalue weighted by Gasteiger charge is 2.11. The summed E-state index contributed by atoms with van der Waals surface area (Å²) in [5.41, 5.74) is 0.552. The molecule has 0 spiro atoms. The van der Waals surface area contributed by atoms with Crippen molar-refractivity contribution in [3.8, 4) is 11.5 Å². The Morgan fingerprint density at radius 1 is 1.04 bits per heavy atom. The second kappa shape index (κ2) is 8.39. The molecule has 0 bridgehead atoms. The van der Waals surface area contributed by atoms with Gasteiger partial charge in [0.2, 0.25) is 10.0 Å². The Bertz CT molecular complexity index is 817. The van der Waals surface area contributed by atoms with Crippen molar-refractivity contribution in [3.63, 3.8) is 0 Å². The topological polar surface area (TPSA) is 102 Å². The molecule has 0 fully saturated rings. The van der Waals surface area contributed by atoms with E-state index in [0.717, 1.165) is 0 Å². The Labute approximate surface area is 146 Å². The van der Waals surface area contributed by atoms with E-state index >= 15 is 0 Å². The summed E-state index contributed by atoms with van der Waals surface area (Å²) in [6.45, 7) is 1.97. The highest BCUT2D eigenvalue weighted by atomic mass is 32.2. The number of hydrogen-bond donors (Lipinski definition) is 2. The van der Waals surface area contributed by atoms with Crippen LogP contribution in [0, 0.1) is 0 Å². The quantitative estimate of drug-likeness (QED) is 0.662. The van der Waals surface area contributed by atoms with Gasteiger partial charge < -0.3 is 14.6 Å². The lowest BCUT2D eigenvalue weighted by Crippen LogP contribution is -2.16. The maximum atomic E-state index is 11.7. The highest BCUT2D eigenvalue weighted by Crippen LogP contribution is 2.24. The molecule has 0 aliphatic heterocycles. The molecule has 0 radical (unpaired) electrons. The lowest BCUT2D eigenvalue weighted by Gasteiger charge is -2.13. The molecular weight excluding hydrogens is 346 g/mol. The van der Waals surface area contributed by atoms with E-state index in [4.69, 9.17) is 14.6 Å². The first-order valence-corrected chi connectivity index (χ1v) is 9.25. The van der Waals surface area contributed by atoms with Gasteiger partial charge >= 0.3 is 5.97 Å². The second-order valence-electron chi connectivity index (χ2n) is 5.03. The van der Waals surface area contributed by atoms with Crippen LogP contribution >= 0.6 is 0 Å². The van der Waals surface area contributed by atoms with Gasteiger partial charge in [-0.1, -0.05) is 12.1 Å². The van der Waals surface area contributed by atoms with Gasteiger partial charge in [0.15, 0.2) is 0 Å². The Balaban J connectivity index is 1.88. The molecule has 0 aromatic heterocycles. The van der Waals surface area contributed by atoms with Crippen LogP contribution in [-0.4, -0.2) is 38.5 Å². The minimum Gasteiger partial charge on any atom is -0.490 e. The van der Waals surface area contributed by atoms with Crippen LogP contribution in [0.5, 0.6) is 11.5 Å². The van der Waals surface area contributed by atoms with Gasteiger partial charge in [-0.05, 0) is 43.3 Å². The number of ether oxygens (including phenoxy) is 2. The molecule has 7 nitrogen and oxygen atoms in total. The zero-order chi connectivity index (χ0) is 18.3. The van der Waals surface area contributed by atoms with E-state index in [9.17, 15) is 13.2 Å². The van der Waals surface area contributed by atoms with E-state index in [1.807, 2.05) is 0 Å². The zero-order valence-corrected chi connectivity index (χ0v) is 14.5. The first-order valence-electron chi connectivity index (χ1n) is 7.60. The van der Waals surface area contributed by atoms with Crippen LogP contribution in [0.4, 0.5) is 5.69 Å². The highest BCUT2D eigenvalue weighted by molar-refractivity contribution is 7.92. The number of carbonyl (C=O) groups is 1. The van der Waals surface area contributed by atoms with Crippen LogP contribution in [0.15, 0.2) is 48.5 Å². The number of nitrogens with one attached hydrogen (secondary N) is 1. The number of para-hydroxylation sites is 2. The first kappa shape index (κ1) is 18.6. The number of carboxylic acid groups (broad SMARTS) is 1. The van der Waals surface area contributed by atoms with Crippen molar-refractivity contribution in [1.82, 2.24) is 0 Å². The fourth-order valence-electron chi connectivity index (χ4n) is 1.92. The summed E-state index contributed by atoms with van der Waals surface area (Å²) in [5, 5.41) is 8.83. The molecule has 0 atom stereocenters. The largest absolute Gasteiger partial charge is 0.490 e. The Kier molecular flexibility index (Phi) is 6.24. The van der Waals surface area contributed by atoms with Gasteiger partial charge in [0.1, 0.15) is 24.7 Å². The van der Waals surface area contributed by atoms with Gasteiger partial charge in [0.25, 0.3) is 0 Å². The third-order valence-corrected chi connectivity index (χ3v) is 4.53. The summed E-state index contributed by atoms with van der Waals surface area (Å²) >= 11 is 0. The van der Waals surface area contributed by atoms with E-state index < -0.39 is 16.0 Å². The molecule has 0 saturated heterocycles. The molecule has 8 heteroatoms. The van der Waals surface area contributed by atoms with Gasteiger partial charge in [-0.15, -0.1) is 0 Å². The summed E-state index contributed by atoms with van der Waals surface area (Å²) in [7, 11) is -3.39. The number of carboxylic acids is 1. The Morgan fingerprint density at radius 3 is 2.32 bits per heavy atom. The summed E-state index contributed by atoms with van der Waals surface area (Å²) in [6.07, 6.45) is 0. The molecular formula is C17H19NO6S. The number of hydrogen-bond acceptors (Lipinski definition) is 5. The third-order valence-electron chi connectivity index (χ3n) is 3.24. The SMILES string of the molecule is CCS(=O)(=O)Nc1ccccc1OCCOc1ccc(C(=O)O)cc1. The van der Waals surface area contributed by atoms with Crippen LogP contribution in [-0.2, 0) is 10.0 Å². The molecule has 25 heavy (non-hydrogen) atoms. The van der Waals surface area contributed by atoms with Crippen LogP contribution in [0.2, 0.25) is 0 Å². The maximum Gasteiger partial charge on any atom is 0.335 e. The summed E-state index contributed by atoms with van der Waals surface area (Å²) in [6, 6.07) is 12.8. The standard InChI is InChI=1S/C17H19NO6S/c1-2-25(21,22)18-15-5-3-4-6-16(15)24-12-11-23-14-9-7-13(8-10-14)17(19)20/h3-10,18H,2,11-12H2,1H3,(H,19,20). The van der Waals surface area contributed by atoms with E-state index in [2.05, 4.69) is 4.72 Å². The molecule has 134 valence electrons. The van der Waals surface area contributed by atoms with Gasteiger partial charge in [0.05, 0.1) is 17.0 Å². The second-order valence-corrected chi connectivity index (χ2v) is 7.04. The Morgan fingerprint density at radius 2 is 1.68 bits per heavy atom. The van der Waals surface area contributed by atoms with Crippen LogP contribution < -0.4 is 14.2 Å². The molecule has 0 amide bonds. The summed E-state index contributed by atoms with van der Waals surface area (Å²) < 4.78 is 36.9. The number of aromatic carboxylic acids is 1. The van der Waals surface area contributed by atoms with Crippen molar-refractivity contribution in [2.75, 3.05) is 23.7 Å². The first-order chi connectivity index (χ1) is 11.9. The normalized spacial score (nSPS) is 10.9. The van der Waals surface area contributed by atoms with Crippen LogP contribution in [0.25, 0.3) is 0 Å². The van der Waals surface area contributed by atoms with Crippen molar-refractivity contribution in [2.45, 2.75) is 6.92 Å². The molecule has 0 aliphatic rings. The number of rotatable bonds is 9.